The van der Waals surface area contributed by atoms with E-state index >= 15 is 0 Å². The van der Waals surface area contributed by atoms with Gasteiger partial charge in [0.2, 0.25) is 0 Å². The number of pyridine rings is 1. The van der Waals surface area contributed by atoms with Crippen molar-refractivity contribution in [2.75, 3.05) is 13.1 Å². The molecule has 1 fully saturated rings. The highest BCUT2D eigenvalue weighted by Gasteiger charge is 2.26. The lowest BCUT2D eigenvalue weighted by Gasteiger charge is -2.33. The number of rotatable bonds is 7. The topological polar surface area (TPSA) is 45.2 Å². The third-order valence-electron chi connectivity index (χ3n) is 5.82. The summed E-state index contributed by atoms with van der Waals surface area (Å²) in [7, 11) is 0. The third kappa shape index (κ3) is 5.41. The highest BCUT2D eigenvalue weighted by molar-refractivity contribution is 5.92. The average molecular weight is 432 g/mol. The Morgan fingerprint density at radius 3 is 2.50 bits per heavy atom. The highest BCUT2D eigenvalue weighted by Crippen LogP contribution is 2.32. The Hall–Kier alpha value is -3.47. The van der Waals surface area contributed by atoms with Gasteiger partial charge in [-0.2, -0.15) is 0 Å². The second-order valence-electron chi connectivity index (χ2n) is 8.11. The molecule has 1 aromatic heterocycles. The molecule has 0 spiro atoms. The van der Waals surface area contributed by atoms with Gasteiger partial charge >= 0.3 is 0 Å². The molecular formula is C27H30FN3O. The minimum absolute atomic E-state index is 0.0736. The van der Waals surface area contributed by atoms with E-state index in [9.17, 15) is 9.18 Å². The summed E-state index contributed by atoms with van der Waals surface area (Å²) in [5.41, 5.74) is 5.54. The minimum Gasteiger partial charge on any atom is -0.356 e. The molecule has 2 aromatic rings. The van der Waals surface area contributed by atoms with Gasteiger partial charge in [0, 0.05) is 36.2 Å². The second-order valence-corrected chi connectivity index (χ2v) is 8.11. The van der Waals surface area contributed by atoms with Crippen molar-refractivity contribution in [1.82, 2.24) is 15.2 Å². The Labute approximate surface area is 189 Å². The van der Waals surface area contributed by atoms with Gasteiger partial charge in [0.15, 0.2) is 0 Å². The van der Waals surface area contributed by atoms with E-state index in [1.165, 1.54) is 12.1 Å². The van der Waals surface area contributed by atoms with Gasteiger partial charge in [-0.1, -0.05) is 31.9 Å². The van der Waals surface area contributed by atoms with Gasteiger partial charge in [-0.3, -0.25) is 9.78 Å². The summed E-state index contributed by atoms with van der Waals surface area (Å²) in [5.74, 6) is -0.0336. The minimum atomic E-state index is -0.236. The molecule has 166 valence electrons. The summed E-state index contributed by atoms with van der Waals surface area (Å²) < 4.78 is 13.4. The van der Waals surface area contributed by atoms with Crippen molar-refractivity contribution in [3.63, 3.8) is 0 Å². The van der Waals surface area contributed by atoms with E-state index in [1.54, 1.807) is 18.3 Å². The molecule has 1 aromatic carbocycles. The molecule has 0 atom stereocenters. The van der Waals surface area contributed by atoms with Crippen LogP contribution in [0.15, 0.2) is 74.1 Å². The van der Waals surface area contributed by atoms with Crippen LogP contribution in [0.1, 0.15) is 46.9 Å². The number of aryl methyl sites for hydroxylation is 1. The van der Waals surface area contributed by atoms with Crippen LogP contribution in [0.25, 0.3) is 11.3 Å². The Morgan fingerprint density at radius 2 is 1.91 bits per heavy atom. The van der Waals surface area contributed by atoms with Crippen molar-refractivity contribution >= 4 is 17.2 Å². The molecule has 5 heteroatoms. The predicted molar refractivity (Wildman–Crippen MR) is 129 cm³/mol. The van der Waals surface area contributed by atoms with Crippen molar-refractivity contribution in [2.45, 2.75) is 26.7 Å². The molecule has 32 heavy (non-hydrogen) atoms. The quantitative estimate of drug-likeness (QED) is 0.568. The van der Waals surface area contributed by atoms with Crippen LogP contribution in [0.5, 0.6) is 0 Å². The first-order valence-corrected chi connectivity index (χ1v) is 10.8. The lowest BCUT2D eigenvalue weighted by molar-refractivity contribution is 0.0702. The number of carbonyl (C=O) groups excluding carboxylic acids is 1. The fourth-order valence-electron chi connectivity index (χ4n) is 4.01. The number of nitrogens with one attached hydrogen (secondary N) is 1. The van der Waals surface area contributed by atoms with E-state index in [0.29, 0.717) is 24.5 Å². The van der Waals surface area contributed by atoms with Gasteiger partial charge < -0.3 is 10.2 Å². The number of amides is 1. The van der Waals surface area contributed by atoms with Crippen LogP contribution in [0, 0.1) is 18.7 Å². The number of piperidine rings is 1. The SMILES string of the molecule is C=C(/C=C\C)NC(=C)c1ccc(C(=O)N2CCC(C(=C)c3ccc(F)cc3C)CC2)nc1. The molecule has 1 aliphatic heterocycles. The molecule has 0 unspecified atom stereocenters. The van der Waals surface area contributed by atoms with E-state index < -0.39 is 0 Å². The average Bonchev–Trinajstić information content (AvgIpc) is 2.78. The Balaban J connectivity index is 1.58. The number of benzene rings is 1. The normalized spacial score (nSPS) is 14.4. The maximum Gasteiger partial charge on any atom is 0.272 e. The summed E-state index contributed by atoms with van der Waals surface area (Å²) >= 11 is 0. The summed E-state index contributed by atoms with van der Waals surface area (Å²) in [5, 5.41) is 3.10. The Morgan fingerprint density at radius 1 is 1.19 bits per heavy atom. The largest absolute Gasteiger partial charge is 0.356 e. The van der Waals surface area contributed by atoms with Gasteiger partial charge in [-0.25, -0.2) is 4.39 Å². The Bertz CT molecular complexity index is 1060. The van der Waals surface area contributed by atoms with Crippen LogP contribution in [0.4, 0.5) is 4.39 Å². The van der Waals surface area contributed by atoms with E-state index in [1.807, 2.05) is 37.0 Å². The van der Waals surface area contributed by atoms with E-state index in [-0.39, 0.29) is 17.6 Å². The monoisotopic (exact) mass is 431 g/mol. The zero-order valence-electron chi connectivity index (χ0n) is 18.8. The second kappa shape index (κ2) is 10.2. The van der Waals surface area contributed by atoms with Gasteiger partial charge in [-0.05, 0) is 79.6 Å². The van der Waals surface area contributed by atoms with Crippen molar-refractivity contribution in [1.29, 1.82) is 0 Å². The number of hydrogen-bond acceptors (Lipinski definition) is 3. The van der Waals surface area contributed by atoms with Gasteiger partial charge in [0.05, 0.1) is 0 Å². The molecule has 1 amide bonds. The summed E-state index contributed by atoms with van der Waals surface area (Å²) in [6, 6.07) is 8.38. The molecule has 0 radical (unpaired) electrons. The maximum atomic E-state index is 13.4. The number of likely N-dealkylation sites (tertiary alicyclic amines) is 1. The first kappa shape index (κ1) is 23.2. The zero-order chi connectivity index (χ0) is 23.3. The molecule has 0 bridgehead atoms. The summed E-state index contributed by atoms with van der Waals surface area (Å²) in [6.45, 7) is 17.3. The third-order valence-corrected chi connectivity index (χ3v) is 5.82. The number of halogens is 1. The fourth-order valence-corrected chi connectivity index (χ4v) is 4.01. The van der Waals surface area contributed by atoms with Crippen LogP contribution < -0.4 is 5.32 Å². The highest BCUT2D eigenvalue weighted by atomic mass is 19.1. The molecule has 0 saturated carbocycles. The van der Waals surface area contributed by atoms with Crippen molar-refractivity contribution in [2.24, 2.45) is 5.92 Å². The molecule has 3 rings (SSSR count). The summed E-state index contributed by atoms with van der Waals surface area (Å²) in [4.78, 5) is 19.1. The number of nitrogens with zero attached hydrogens (tertiary/aromatic N) is 2. The molecule has 1 aliphatic rings. The molecule has 0 aliphatic carbocycles. The first-order valence-electron chi connectivity index (χ1n) is 10.8. The van der Waals surface area contributed by atoms with Crippen LogP contribution in [0.3, 0.4) is 0 Å². The molecular weight excluding hydrogens is 401 g/mol. The van der Waals surface area contributed by atoms with Crippen molar-refractivity contribution in [3.05, 3.63) is 102 Å². The Kier molecular flexibility index (Phi) is 7.41. The van der Waals surface area contributed by atoms with E-state index in [2.05, 4.69) is 30.0 Å². The zero-order valence-corrected chi connectivity index (χ0v) is 18.8. The predicted octanol–water partition coefficient (Wildman–Crippen LogP) is 5.74. The number of hydrogen-bond donors (Lipinski definition) is 1. The molecule has 1 N–H and O–H groups in total. The molecule has 2 heterocycles. The fraction of sp³-hybridized carbons (Fsp3) is 0.259. The van der Waals surface area contributed by atoms with Crippen molar-refractivity contribution < 1.29 is 9.18 Å². The van der Waals surface area contributed by atoms with Crippen molar-refractivity contribution in [3.8, 4) is 0 Å². The van der Waals surface area contributed by atoms with Crippen LogP contribution in [-0.4, -0.2) is 28.9 Å². The maximum absolute atomic E-state index is 13.4. The van der Waals surface area contributed by atoms with Gasteiger partial charge in [0.1, 0.15) is 11.5 Å². The smallest absolute Gasteiger partial charge is 0.272 e. The lowest BCUT2D eigenvalue weighted by atomic mass is 9.84. The van der Waals surface area contributed by atoms with E-state index in [4.69, 9.17) is 0 Å². The van der Waals surface area contributed by atoms with Crippen LogP contribution in [0.2, 0.25) is 0 Å². The van der Waals surface area contributed by atoms with Crippen LogP contribution in [-0.2, 0) is 0 Å². The summed E-state index contributed by atoms with van der Waals surface area (Å²) in [6.07, 6.45) is 7.05. The number of carbonyl (C=O) groups is 1. The molecule has 1 saturated heterocycles. The van der Waals surface area contributed by atoms with Gasteiger partial charge in [0.25, 0.3) is 5.91 Å². The van der Waals surface area contributed by atoms with Crippen LogP contribution >= 0.6 is 0 Å². The van der Waals surface area contributed by atoms with Gasteiger partial charge in [-0.15, -0.1) is 0 Å². The standard InChI is InChI=1S/C27H30FN3O/c1-6-7-19(3)30-21(5)23-8-11-26(29-17-23)27(32)31-14-12-22(13-15-31)20(4)25-10-9-24(28)16-18(25)2/h6-11,16-17,22,30H,3-5,12-15H2,1-2H3/b7-6-. The lowest BCUT2D eigenvalue weighted by Crippen LogP contribution is -2.39. The molecule has 4 nitrogen and oxygen atoms in total. The van der Waals surface area contributed by atoms with E-state index in [0.717, 1.165) is 40.8 Å². The number of allylic oxidation sites excluding steroid dienone is 3. The number of aromatic nitrogens is 1. The first-order chi connectivity index (χ1) is 15.3.